The zero-order valence-electron chi connectivity index (χ0n) is 34.1. The number of para-hydroxylation sites is 2. The molecule has 0 spiro atoms. The van der Waals surface area contributed by atoms with Gasteiger partial charge in [0.1, 0.15) is 0 Å². The third kappa shape index (κ3) is 6.84. The molecule has 0 amide bonds. The number of hydrogen-bond donors (Lipinski definition) is 0. The monoisotopic (exact) mass is 790 g/mol. The maximum atomic E-state index is 2.44. The summed E-state index contributed by atoms with van der Waals surface area (Å²) in [6.07, 6.45) is 0. The third-order valence-electron chi connectivity index (χ3n) is 12.0. The summed E-state index contributed by atoms with van der Waals surface area (Å²) < 4.78 is 2.44. The number of benzene rings is 10. The lowest BCUT2D eigenvalue weighted by atomic mass is 9.94. The van der Waals surface area contributed by atoms with E-state index in [0.29, 0.717) is 0 Å². The highest BCUT2D eigenvalue weighted by Gasteiger charge is 2.21. The Labute approximate surface area is 362 Å². The van der Waals surface area contributed by atoms with Gasteiger partial charge in [-0.15, -0.1) is 0 Å². The fourth-order valence-electron chi connectivity index (χ4n) is 9.02. The molecule has 62 heavy (non-hydrogen) atoms. The van der Waals surface area contributed by atoms with Gasteiger partial charge in [-0.1, -0.05) is 206 Å². The molecule has 0 N–H and O–H groups in total. The van der Waals surface area contributed by atoms with Crippen molar-refractivity contribution in [1.82, 2.24) is 4.57 Å². The van der Waals surface area contributed by atoms with Crippen LogP contribution < -0.4 is 4.90 Å². The van der Waals surface area contributed by atoms with E-state index in [2.05, 4.69) is 264 Å². The Bertz CT molecular complexity index is 3300. The zero-order chi connectivity index (χ0) is 41.2. The van der Waals surface area contributed by atoms with Gasteiger partial charge < -0.3 is 9.47 Å². The Balaban J connectivity index is 1.11. The van der Waals surface area contributed by atoms with E-state index < -0.39 is 0 Å². The summed E-state index contributed by atoms with van der Waals surface area (Å²) in [5, 5.41) is 2.43. The summed E-state index contributed by atoms with van der Waals surface area (Å²) in [6.45, 7) is 0. The minimum absolute atomic E-state index is 1.08. The molecule has 0 fully saturated rings. The van der Waals surface area contributed by atoms with E-state index in [1.165, 1.54) is 60.8 Å². The van der Waals surface area contributed by atoms with Gasteiger partial charge in [0, 0.05) is 33.4 Å². The lowest BCUT2D eigenvalue weighted by Gasteiger charge is -2.28. The molecule has 292 valence electrons. The van der Waals surface area contributed by atoms with E-state index in [1.54, 1.807) is 0 Å². The molecule has 0 unspecified atom stereocenters. The predicted octanol–water partition coefficient (Wildman–Crippen LogP) is 16.6. The Kier molecular flexibility index (Phi) is 9.57. The first-order chi connectivity index (χ1) is 30.8. The maximum Gasteiger partial charge on any atom is 0.0561 e. The second-order valence-corrected chi connectivity index (χ2v) is 15.7. The van der Waals surface area contributed by atoms with Crippen LogP contribution in [0.15, 0.2) is 255 Å². The second kappa shape index (κ2) is 16.1. The van der Waals surface area contributed by atoms with E-state index in [0.717, 1.165) is 39.4 Å². The minimum Gasteiger partial charge on any atom is -0.310 e. The first-order valence-corrected chi connectivity index (χ1v) is 21.3. The summed E-state index contributed by atoms with van der Waals surface area (Å²) >= 11 is 0. The normalized spacial score (nSPS) is 11.2. The first-order valence-electron chi connectivity index (χ1n) is 21.3. The predicted molar refractivity (Wildman–Crippen MR) is 263 cm³/mol. The van der Waals surface area contributed by atoms with Crippen molar-refractivity contribution in [3.8, 4) is 61.3 Å². The molecule has 11 rings (SSSR count). The van der Waals surface area contributed by atoms with Crippen LogP contribution in [0.2, 0.25) is 0 Å². The van der Waals surface area contributed by atoms with Crippen molar-refractivity contribution in [3.63, 3.8) is 0 Å². The van der Waals surface area contributed by atoms with Crippen LogP contribution in [0.4, 0.5) is 17.1 Å². The van der Waals surface area contributed by atoms with Crippen molar-refractivity contribution in [2.75, 3.05) is 4.90 Å². The van der Waals surface area contributed by atoms with Gasteiger partial charge in [-0.25, -0.2) is 0 Å². The highest BCUT2D eigenvalue weighted by Crippen LogP contribution is 2.44. The summed E-state index contributed by atoms with van der Waals surface area (Å²) in [6, 6.07) is 92.1. The van der Waals surface area contributed by atoms with Crippen molar-refractivity contribution >= 4 is 38.9 Å². The molecule has 0 bridgehead atoms. The summed E-state index contributed by atoms with van der Waals surface area (Å²) in [5.74, 6) is 0. The fraction of sp³-hybridized carbons (Fsp3) is 0. The van der Waals surface area contributed by atoms with Crippen molar-refractivity contribution in [2.45, 2.75) is 0 Å². The molecule has 2 nitrogen and oxygen atoms in total. The maximum absolute atomic E-state index is 2.44. The van der Waals surface area contributed by atoms with E-state index in [4.69, 9.17) is 0 Å². The Morgan fingerprint density at radius 2 is 0.710 bits per heavy atom. The SMILES string of the molecule is c1ccc(-c2ccc(-c3ccccc3N(c3ccc(-c4ccccc4)cc3)c3ccc4c5ccccc5n(-c5ccc(-c6ccccc6)c(-c6ccccc6)c5)c4c3)cc2)cc1. The lowest BCUT2D eigenvalue weighted by molar-refractivity contribution is 1.18. The highest BCUT2D eigenvalue weighted by atomic mass is 15.1. The Morgan fingerprint density at radius 1 is 0.258 bits per heavy atom. The van der Waals surface area contributed by atoms with Crippen LogP contribution in [-0.4, -0.2) is 4.57 Å². The molecule has 0 radical (unpaired) electrons. The molecular formula is C60H42N2. The van der Waals surface area contributed by atoms with Crippen molar-refractivity contribution in [3.05, 3.63) is 255 Å². The number of anilines is 3. The number of aromatic nitrogens is 1. The topological polar surface area (TPSA) is 8.17 Å². The number of rotatable bonds is 9. The van der Waals surface area contributed by atoms with Crippen molar-refractivity contribution in [1.29, 1.82) is 0 Å². The average Bonchev–Trinajstić information content (AvgIpc) is 3.69. The largest absolute Gasteiger partial charge is 0.310 e. The fourth-order valence-corrected chi connectivity index (χ4v) is 9.02. The highest BCUT2D eigenvalue weighted by molar-refractivity contribution is 6.11. The quantitative estimate of drug-likeness (QED) is 0.141. The molecule has 0 aliphatic carbocycles. The van der Waals surface area contributed by atoms with Gasteiger partial charge >= 0.3 is 0 Å². The van der Waals surface area contributed by atoms with Gasteiger partial charge in [0.25, 0.3) is 0 Å². The number of fused-ring (bicyclic) bond motifs is 3. The van der Waals surface area contributed by atoms with Gasteiger partial charge in [-0.2, -0.15) is 0 Å². The van der Waals surface area contributed by atoms with E-state index in [-0.39, 0.29) is 0 Å². The molecule has 0 aliphatic heterocycles. The van der Waals surface area contributed by atoms with Crippen molar-refractivity contribution < 1.29 is 0 Å². The molecular weight excluding hydrogens is 749 g/mol. The second-order valence-electron chi connectivity index (χ2n) is 15.7. The molecule has 0 atom stereocenters. The van der Waals surface area contributed by atoms with Crippen LogP contribution in [0.3, 0.4) is 0 Å². The smallest absolute Gasteiger partial charge is 0.0561 e. The van der Waals surface area contributed by atoms with Crippen LogP contribution in [0.25, 0.3) is 83.1 Å². The van der Waals surface area contributed by atoms with Gasteiger partial charge in [0.15, 0.2) is 0 Å². The Hall–Kier alpha value is -8.20. The van der Waals surface area contributed by atoms with E-state index in [9.17, 15) is 0 Å². The summed E-state index contributed by atoms with van der Waals surface area (Å²) in [7, 11) is 0. The van der Waals surface area contributed by atoms with Crippen molar-refractivity contribution in [2.24, 2.45) is 0 Å². The van der Waals surface area contributed by atoms with Crippen LogP contribution in [0.1, 0.15) is 0 Å². The molecule has 0 saturated heterocycles. The van der Waals surface area contributed by atoms with Gasteiger partial charge in [0.2, 0.25) is 0 Å². The van der Waals surface area contributed by atoms with Crippen LogP contribution in [-0.2, 0) is 0 Å². The number of nitrogens with zero attached hydrogens (tertiary/aromatic N) is 2. The standard InChI is InChI=1S/C60H42N2/c1-5-17-43(18-6-1)45-29-31-49(32-30-45)54-25-13-15-27-58(54)61(50-35-33-46(34-36-50)44-19-7-2-8-20-44)52-38-40-56-55-26-14-16-28-59(55)62(60(56)42-52)51-37-39-53(47-21-9-3-10-22-47)57(41-51)48-23-11-4-12-24-48/h1-42H. The summed E-state index contributed by atoms with van der Waals surface area (Å²) in [4.78, 5) is 2.42. The van der Waals surface area contributed by atoms with Crippen LogP contribution in [0, 0.1) is 0 Å². The molecule has 0 saturated carbocycles. The van der Waals surface area contributed by atoms with Crippen LogP contribution in [0.5, 0.6) is 0 Å². The van der Waals surface area contributed by atoms with Gasteiger partial charge in [-0.3, -0.25) is 0 Å². The van der Waals surface area contributed by atoms with Gasteiger partial charge in [-0.05, 0) is 98.6 Å². The minimum atomic E-state index is 1.08. The summed E-state index contributed by atoms with van der Waals surface area (Å²) in [5.41, 5.74) is 18.6. The average molecular weight is 791 g/mol. The molecule has 2 heteroatoms. The molecule has 10 aromatic carbocycles. The van der Waals surface area contributed by atoms with Crippen LogP contribution >= 0.6 is 0 Å². The van der Waals surface area contributed by atoms with E-state index in [1.807, 2.05) is 0 Å². The molecule has 1 aromatic heterocycles. The van der Waals surface area contributed by atoms with E-state index >= 15 is 0 Å². The molecule has 1 heterocycles. The van der Waals surface area contributed by atoms with Gasteiger partial charge in [0.05, 0.1) is 16.7 Å². The Morgan fingerprint density at radius 3 is 1.35 bits per heavy atom. The molecule has 0 aliphatic rings. The molecule has 11 aromatic rings. The lowest BCUT2D eigenvalue weighted by Crippen LogP contribution is -2.11. The number of hydrogen-bond acceptors (Lipinski definition) is 1. The first kappa shape index (κ1) is 36.8. The zero-order valence-corrected chi connectivity index (χ0v) is 34.1. The third-order valence-corrected chi connectivity index (χ3v) is 12.0.